The molecule has 0 aromatic heterocycles. The number of aliphatic hydroxyl groups excluding tert-OH is 16. The predicted molar refractivity (Wildman–Crippen MR) is 200 cm³/mol. The maximum atomic E-state index is 11.2. The van der Waals surface area contributed by atoms with Crippen molar-refractivity contribution < 1.29 is 129 Å². The van der Waals surface area contributed by atoms with Crippen molar-refractivity contribution in [3.63, 3.8) is 0 Å². The van der Waals surface area contributed by atoms with E-state index < -0.39 is 187 Å². The molecule has 4 heterocycles. The Kier molecular flexibility index (Phi) is 22.4. The fourth-order valence-electron chi connectivity index (χ4n) is 7.39. The van der Waals surface area contributed by atoms with E-state index in [2.05, 4.69) is 0 Å². The summed E-state index contributed by atoms with van der Waals surface area (Å²) in [7, 11) is 0. The second-order valence-corrected chi connectivity index (χ2v) is 15.7. The zero-order valence-electron chi connectivity index (χ0n) is 34.4. The minimum Gasteiger partial charge on any atom is -0.394 e. The topological polar surface area (TPSA) is 442 Å². The zero-order valence-corrected chi connectivity index (χ0v) is 34.4. The lowest BCUT2D eigenvalue weighted by atomic mass is 9.96. The molecule has 27 nitrogen and oxygen atoms in total. The summed E-state index contributed by atoms with van der Waals surface area (Å²) in [6.45, 7) is -3.58. The Hall–Kier alpha value is -1.08. The van der Waals surface area contributed by atoms with Crippen LogP contribution in [0.3, 0.4) is 0 Å². The molecule has 27 heteroatoms. The summed E-state index contributed by atoms with van der Waals surface area (Å²) in [5.74, 6) is 0. The van der Waals surface area contributed by atoms with Gasteiger partial charge in [0, 0.05) is 6.61 Å². The smallest absolute Gasteiger partial charge is 0.187 e. The monoisotopic (exact) mass is 929 g/mol. The Morgan fingerprint density at radius 3 is 1.40 bits per heavy atom. The Morgan fingerprint density at radius 2 is 0.921 bits per heavy atom. The maximum Gasteiger partial charge on any atom is 0.187 e. The lowest BCUT2D eigenvalue weighted by Gasteiger charge is -2.48. The van der Waals surface area contributed by atoms with E-state index in [9.17, 15) is 81.7 Å². The van der Waals surface area contributed by atoms with Crippen LogP contribution in [0.2, 0.25) is 0 Å². The summed E-state index contributed by atoms with van der Waals surface area (Å²) < 4.78 is 56.0. The Balaban J connectivity index is 1.40. The van der Waals surface area contributed by atoms with Gasteiger partial charge in [0.2, 0.25) is 0 Å². The Labute approximate surface area is 361 Å². The molecule has 0 aromatic rings. The van der Waals surface area contributed by atoms with Crippen LogP contribution in [-0.4, -0.2) is 282 Å². The second-order valence-electron chi connectivity index (χ2n) is 15.7. The molecule has 0 aromatic carbocycles. The van der Waals surface area contributed by atoms with E-state index in [1.54, 1.807) is 0 Å². The van der Waals surface area contributed by atoms with Gasteiger partial charge >= 0.3 is 0 Å². The summed E-state index contributed by atoms with van der Waals surface area (Å²) in [6.07, 6.45) is -39.8. The van der Waals surface area contributed by atoms with Crippen molar-refractivity contribution in [1.82, 2.24) is 0 Å². The number of ether oxygens (including phenoxy) is 10. The van der Waals surface area contributed by atoms with E-state index in [-0.39, 0.29) is 6.61 Å². The highest BCUT2D eigenvalue weighted by atomic mass is 16.8. The van der Waals surface area contributed by atoms with Crippen molar-refractivity contribution in [3.05, 3.63) is 0 Å². The molecular weight excluding hydrogens is 862 g/mol. The molecule has 0 radical (unpaired) electrons. The van der Waals surface area contributed by atoms with Gasteiger partial charge in [-0.05, 0) is 32.7 Å². The average Bonchev–Trinajstić information content (AvgIpc) is 3.27. The van der Waals surface area contributed by atoms with Crippen molar-refractivity contribution in [3.8, 4) is 0 Å². The zero-order chi connectivity index (χ0) is 46.7. The molecule has 4 aliphatic rings. The summed E-state index contributed by atoms with van der Waals surface area (Å²) in [5, 5.41) is 167. The van der Waals surface area contributed by atoms with Crippen molar-refractivity contribution in [2.75, 3.05) is 52.8 Å². The lowest BCUT2D eigenvalue weighted by Crippen LogP contribution is -2.67. The number of unbranched alkanes of at least 4 members (excludes halogenated alkanes) is 2. The number of hydrogen-bond donors (Lipinski definition) is 17. The molecule has 4 saturated heterocycles. The molecule has 0 aliphatic carbocycles. The van der Waals surface area contributed by atoms with Crippen molar-refractivity contribution in [2.24, 2.45) is 5.73 Å². The van der Waals surface area contributed by atoms with Gasteiger partial charge in [-0.2, -0.15) is 0 Å². The molecule has 372 valence electrons. The largest absolute Gasteiger partial charge is 0.394 e. The normalized spacial score (nSPS) is 43.3. The highest BCUT2D eigenvalue weighted by molar-refractivity contribution is 4.97. The molecular formula is C36H67NO26. The number of rotatable bonds is 24. The van der Waals surface area contributed by atoms with Gasteiger partial charge in [-0.25, -0.2) is 0 Å². The summed E-state index contributed by atoms with van der Waals surface area (Å²) in [6, 6.07) is 0. The van der Waals surface area contributed by atoms with Crippen LogP contribution in [0.25, 0.3) is 0 Å². The van der Waals surface area contributed by atoms with Gasteiger partial charge in [0.15, 0.2) is 31.5 Å². The Bertz CT molecular complexity index is 1270. The van der Waals surface area contributed by atoms with Crippen LogP contribution in [-0.2, 0) is 47.4 Å². The molecule has 14 unspecified atom stereocenters. The molecule has 4 rings (SSSR count). The molecule has 18 N–H and O–H groups in total. The maximum absolute atomic E-state index is 11.2. The van der Waals surface area contributed by atoms with Crippen LogP contribution >= 0.6 is 0 Å². The van der Waals surface area contributed by atoms with Crippen LogP contribution in [0.15, 0.2) is 0 Å². The standard InChI is InChI=1S/C36H67NO26/c1-13(44)32(55-14(7-38)15(8-39)56-34-25(50)21(46)20(45)16(9-40)57-34)61-29-18(11-42)59-35(27(52)23(29)48)63-31-19(12-43)60-36(28(53)24(31)49)62-30-17(10-41)58-33(26(51)22(30)47)54-6-4-2-3-5-37/h13-36,38-53H,2-12,37H2,1H3/t13?,14?,15-,16?,17?,18?,19?,20+,21?,22?,23?,24?,25?,26?,27?,28?,29+,30+,31-,32-,33+,34+,35+,36+/m0/s1. The molecule has 0 saturated carbocycles. The predicted octanol–water partition coefficient (Wildman–Crippen LogP) is -10.1. The molecule has 0 bridgehead atoms. The quantitative estimate of drug-likeness (QED) is 0.0316. The van der Waals surface area contributed by atoms with E-state index in [1.807, 2.05) is 0 Å². The molecule has 4 aliphatic heterocycles. The van der Waals surface area contributed by atoms with Crippen molar-refractivity contribution >= 4 is 0 Å². The fraction of sp³-hybridized carbons (Fsp3) is 1.00. The fourth-order valence-corrected chi connectivity index (χ4v) is 7.39. The van der Waals surface area contributed by atoms with Crippen molar-refractivity contribution in [2.45, 2.75) is 174 Å². The first-order chi connectivity index (χ1) is 30.0. The highest BCUT2D eigenvalue weighted by Gasteiger charge is 2.54. The van der Waals surface area contributed by atoms with E-state index >= 15 is 0 Å². The molecule has 24 atom stereocenters. The number of aliphatic hydroxyl groups is 16. The minimum absolute atomic E-state index is 0.139. The van der Waals surface area contributed by atoms with Gasteiger partial charge in [-0.1, -0.05) is 0 Å². The van der Waals surface area contributed by atoms with E-state index in [1.165, 1.54) is 0 Å². The van der Waals surface area contributed by atoms with Gasteiger partial charge in [0.1, 0.15) is 116 Å². The van der Waals surface area contributed by atoms with Crippen LogP contribution in [0.1, 0.15) is 26.2 Å². The van der Waals surface area contributed by atoms with Gasteiger partial charge in [0.05, 0.1) is 39.6 Å². The third-order valence-corrected chi connectivity index (χ3v) is 11.1. The lowest BCUT2D eigenvalue weighted by molar-refractivity contribution is -0.385. The van der Waals surface area contributed by atoms with Gasteiger partial charge in [-0.15, -0.1) is 0 Å². The second kappa shape index (κ2) is 25.9. The minimum atomic E-state index is -2.10. The van der Waals surface area contributed by atoms with Crippen LogP contribution in [0, 0.1) is 0 Å². The van der Waals surface area contributed by atoms with Crippen LogP contribution in [0.5, 0.6) is 0 Å². The number of hydrogen-bond acceptors (Lipinski definition) is 27. The van der Waals surface area contributed by atoms with E-state index in [0.29, 0.717) is 13.0 Å². The molecule has 4 fully saturated rings. The SMILES string of the molecule is CC(O)[C@@H](OC(CO)[C@H](CO)O[C@@H]1OC(CO)[C@@H](O)C(O)C1O)O[C@@H]1C(CO)O[C@H](O[C@H]2C(CO)O[C@H](O[C@@H]3C(CO)O[C@@H](OCCCCCN)C(O)C3O)C(O)C2O)C(O)C1O. The van der Waals surface area contributed by atoms with Gasteiger partial charge in [-0.3, -0.25) is 0 Å². The average molecular weight is 930 g/mol. The summed E-state index contributed by atoms with van der Waals surface area (Å²) in [4.78, 5) is 0. The first kappa shape index (κ1) is 54.5. The van der Waals surface area contributed by atoms with Gasteiger partial charge in [0.25, 0.3) is 0 Å². The van der Waals surface area contributed by atoms with Crippen LogP contribution < -0.4 is 5.73 Å². The van der Waals surface area contributed by atoms with E-state index in [4.69, 9.17) is 53.1 Å². The van der Waals surface area contributed by atoms with Gasteiger partial charge < -0.3 is 135 Å². The molecule has 0 amide bonds. The van der Waals surface area contributed by atoms with E-state index in [0.717, 1.165) is 19.8 Å². The first-order valence-corrected chi connectivity index (χ1v) is 20.7. The number of nitrogens with two attached hydrogens (primary N) is 1. The third-order valence-electron chi connectivity index (χ3n) is 11.1. The van der Waals surface area contributed by atoms with Crippen LogP contribution in [0.4, 0.5) is 0 Å². The third kappa shape index (κ3) is 13.3. The highest BCUT2D eigenvalue weighted by Crippen LogP contribution is 2.34. The van der Waals surface area contributed by atoms with Crippen molar-refractivity contribution in [1.29, 1.82) is 0 Å². The molecule has 0 spiro atoms. The summed E-state index contributed by atoms with van der Waals surface area (Å²) in [5.41, 5.74) is 5.48. The Morgan fingerprint density at radius 1 is 0.476 bits per heavy atom. The first-order valence-electron chi connectivity index (χ1n) is 20.7. The summed E-state index contributed by atoms with van der Waals surface area (Å²) >= 11 is 0. The molecule has 63 heavy (non-hydrogen) atoms.